The maximum atomic E-state index is 13.1. The van der Waals surface area contributed by atoms with Crippen molar-refractivity contribution in [2.24, 2.45) is 0 Å². The summed E-state index contributed by atoms with van der Waals surface area (Å²) in [7, 11) is 0. The summed E-state index contributed by atoms with van der Waals surface area (Å²) in [4.78, 5) is 27.5. The number of nitrogens with zero attached hydrogens (tertiary/aromatic N) is 1. The van der Waals surface area contributed by atoms with Crippen molar-refractivity contribution in [2.45, 2.75) is 58.7 Å². The van der Waals surface area contributed by atoms with E-state index in [0.29, 0.717) is 28.6 Å². The lowest BCUT2D eigenvalue weighted by atomic mass is 9.99. The molecule has 0 atom stereocenters. The van der Waals surface area contributed by atoms with Crippen LogP contribution in [-0.4, -0.2) is 23.0 Å². The van der Waals surface area contributed by atoms with Crippen molar-refractivity contribution in [2.75, 3.05) is 4.90 Å². The Kier molecular flexibility index (Phi) is 5.63. The van der Waals surface area contributed by atoms with E-state index in [1.54, 1.807) is 43.0 Å². The first-order chi connectivity index (χ1) is 13.5. The van der Waals surface area contributed by atoms with Crippen molar-refractivity contribution in [3.63, 3.8) is 0 Å². The number of nitrogens with one attached hydrogen (secondary N) is 1. The van der Waals surface area contributed by atoms with Gasteiger partial charge >= 0.3 is 0 Å². The van der Waals surface area contributed by atoms with E-state index in [1.807, 2.05) is 39.0 Å². The van der Waals surface area contributed by atoms with E-state index >= 15 is 0 Å². The molecule has 2 amide bonds. The zero-order valence-electron chi connectivity index (χ0n) is 17.5. The summed E-state index contributed by atoms with van der Waals surface area (Å²) in [6, 6.07) is 12.6. The van der Waals surface area contributed by atoms with E-state index in [0.717, 1.165) is 12.0 Å². The van der Waals surface area contributed by atoms with E-state index < -0.39 is 5.60 Å². The molecule has 1 heterocycles. The number of ether oxygens (including phenoxy) is 1. The number of hydrogen-bond donors (Lipinski definition) is 1. The second kappa shape index (κ2) is 7.71. The van der Waals surface area contributed by atoms with E-state index in [9.17, 15) is 9.59 Å². The van der Waals surface area contributed by atoms with Gasteiger partial charge in [-0.25, -0.2) is 0 Å². The molecule has 29 heavy (non-hydrogen) atoms. The van der Waals surface area contributed by atoms with Crippen LogP contribution in [0, 0.1) is 0 Å². The van der Waals surface area contributed by atoms with Gasteiger partial charge in [0.15, 0.2) is 5.60 Å². The molecule has 0 aromatic heterocycles. The van der Waals surface area contributed by atoms with Gasteiger partial charge in [0, 0.05) is 16.1 Å². The number of hydrogen-bond acceptors (Lipinski definition) is 3. The van der Waals surface area contributed by atoms with Crippen molar-refractivity contribution in [1.82, 2.24) is 5.32 Å². The first-order valence-corrected chi connectivity index (χ1v) is 10.1. The molecule has 0 saturated heterocycles. The molecule has 0 aliphatic carbocycles. The topological polar surface area (TPSA) is 58.6 Å². The Balaban J connectivity index is 2.01. The van der Waals surface area contributed by atoms with Crippen molar-refractivity contribution < 1.29 is 14.3 Å². The van der Waals surface area contributed by atoms with Gasteiger partial charge < -0.3 is 15.0 Å². The molecule has 0 bridgehead atoms. The van der Waals surface area contributed by atoms with E-state index in [-0.39, 0.29) is 17.4 Å². The molecule has 0 unspecified atom stereocenters. The van der Waals surface area contributed by atoms with Gasteiger partial charge in [0.2, 0.25) is 0 Å². The number of carbonyl (C=O) groups is 2. The molecular formula is C23H27ClN2O3. The van der Waals surface area contributed by atoms with Crippen molar-refractivity contribution in [3.8, 4) is 5.75 Å². The average Bonchev–Trinajstić information content (AvgIpc) is 2.66. The highest BCUT2D eigenvalue weighted by atomic mass is 35.5. The molecule has 0 radical (unpaired) electrons. The summed E-state index contributed by atoms with van der Waals surface area (Å²) in [5, 5.41) is 3.61. The minimum atomic E-state index is -1.01. The molecule has 3 rings (SSSR count). The molecule has 1 aliphatic heterocycles. The second-order valence-electron chi connectivity index (χ2n) is 8.47. The van der Waals surface area contributed by atoms with E-state index in [4.69, 9.17) is 16.3 Å². The van der Waals surface area contributed by atoms with Crippen LogP contribution in [0.3, 0.4) is 0 Å². The number of amides is 2. The highest BCUT2D eigenvalue weighted by Crippen LogP contribution is 2.39. The molecular weight excluding hydrogens is 388 g/mol. The van der Waals surface area contributed by atoms with Gasteiger partial charge in [0.05, 0.1) is 12.2 Å². The van der Waals surface area contributed by atoms with Crippen molar-refractivity contribution in [3.05, 3.63) is 58.6 Å². The third-order valence-electron chi connectivity index (χ3n) is 5.26. The summed E-state index contributed by atoms with van der Waals surface area (Å²) >= 11 is 6.33. The standard InChI is InChI=1S/C23H27ClN2O3/c1-6-22(2,3)25-20(27)15-11-12-19-18(13-15)26(21(28)23(4,5)29-19)14-16-9-7-8-10-17(16)24/h7-13H,6,14H2,1-5H3,(H,25,27). The Bertz CT molecular complexity index is 953. The van der Waals surface area contributed by atoms with Crippen LogP contribution in [0.5, 0.6) is 5.75 Å². The summed E-state index contributed by atoms with van der Waals surface area (Å²) < 4.78 is 5.93. The Hall–Kier alpha value is -2.53. The third-order valence-corrected chi connectivity index (χ3v) is 5.63. The predicted octanol–water partition coefficient (Wildman–Crippen LogP) is 4.96. The fraction of sp³-hybridized carbons (Fsp3) is 0.391. The lowest BCUT2D eigenvalue weighted by Crippen LogP contribution is -2.52. The van der Waals surface area contributed by atoms with Crippen LogP contribution in [-0.2, 0) is 11.3 Å². The highest BCUT2D eigenvalue weighted by molar-refractivity contribution is 6.31. The van der Waals surface area contributed by atoms with Crippen LogP contribution in [0.25, 0.3) is 0 Å². The summed E-state index contributed by atoms with van der Waals surface area (Å²) in [6.45, 7) is 9.74. The molecule has 1 aliphatic rings. The average molecular weight is 415 g/mol. The molecule has 6 heteroatoms. The zero-order chi connectivity index (χ0) is 21.4. The number of carbonyl (C=O) groups excluding carboxylic acids is 2. The molecule has 5 nitrogen and oxygen atoms in total. The Morgan fingerprint density at radius 1 is 1.21 bits per heavy atom. The molecule has 1 N–H and O–H groups in total. The number of anilines is 1. The van der Waals surface area contributed by atoms with Gasteiger partial charge in [-0.2, -0.15) is 0 Å². The first-order valence-electron chi connectivity index (χ1n) is 9.75. The van der Waals surface area contributed by atoms with Gasteiger partial charge in [0.25, 0.3) is 11.8 Å². The molecule has 2 aromatic rings. The summed E-state index contributed by atoms with van der Waals surface area (Å²) in [5.74, 6) is 0.193. The Labute approximate surface area is 177 Å². The maximum Gasteiger partial charge on any atom is 0.271 e. The van der Waals surface area contributed by atoms with Crippen LogP contribution in [0.4, 0.5) is 5.69 Å². The first kappa shape index (κ1) is 21.2. The molecule has 154 valence electrons. The van der Waals surface area contributed by atoms with Gasteiger partial charge in [-0.15, -0.1) is 0 Å². The fourth-order valence-corrected chi connectivity index (χ4v) is 3.33. The minimum absolute atomic E-state index is 0.184. The smallest absolute Gasteiger partial charge is 0.271 e. The maximum absolute atomic E-state index is 13.1. The van der Waals surface area contributed by atoms with Gasteiger partial charge in [-0.05, 0) is 63.9 Å². The largest absolute Gasteiger partial charge is 0.476 e. The van der Waals surface area contributed by atoms with Crippen LogP contribution >= 0.6 is 11.6 Å². The summed E-state index contributed by atoms with van der Waals surface area (Å²) in [5.41, 5.74) is 0.538. The SMILES string of the molecule is CCC(C)(C)NC(=O)c1ccc2c(c1)N(Cc1ccccc1Cl)C(=O)C(C)(C)O2. The van der Waals surface area contributed by atoms with Crippen molar-refractivity contribution in [1.29, 1.82) is 0 Å². The monoisotopic (exact) mass is 414 g/mol. The number of rotatable bonds is 5. The normalized spacial score (nSPS) is 15.5. The molecule has 0 fully saturated rings. The van der Waals surface area contributed by atoms with Crippen LogP contribution in [0.15, 0.2) is 42.5 Å². The van der Waals surface area contributed by atoms with Gasteiger partial charge in [0.1, 0.15) is 5.75 Å². The van der Waals surface area contributed by atoms with Gasteiger partial charge in [-0.1, -0.05) is 36.7 Å². The lowest BCUT2D eigenvalue weighted by Gasteiger charge is -2.39. The minimum Gasteiger partial charge on any atom is -0.476 e. The highest BCUT2D eigenvalue weighted by Gasteiger charge is 2.41. The molecule has 0 spiro atoms. The van der Waals surface area contributed by atoms with Crippen LogP contribution < -0.4 is 15.0 Å². The number of halogens is 1. The Morgan fingerprint density at radius 3 is 2.55 bits per heavy atom. The van der Waals surface area contributed by atoms with Crippen LogP contribution in [0.2, 0.25) is 5.02 Å². The Morgan fingerprint density at radius 2 is 1.90 bits per heavy atom. The third kappa shape index (κ3) is 4.40. The summed E-state index contributed by atoms with van der Waals surface area (Å²) in [6.07, 6.45) is 0.804. The van der Waals surface area contributed by atoms with E-state index in [1.165, 1.54) is 0 Å². The quantitative estimate of drug-likeness (QED) is 0.751. The number of fused-ring (bicyclic) bond motifs is 1. The molecule has 0 saturated carbocycles. The predicted molar refractivity (Wildman–Crippen MR) is 116 cm³/mol. The molecule has 2 aromatic carbocycles. The van der Waals surface area contributed by atoms with E-state index in [2.05, 4.69) is 5.32 Å². The zero-order valence-corrected chi connectivity index (χ0v) is 18.3. The second-order valence-corrected chi connectivity index (χ2v) is 8.88. The van der Waals surface area contributed by atoms with Crippen molar-refractivity contribution >= 4 is 29.1 Å². The fourth-order valence-electron chi connectivity index (χ4n) is 3.13. The lowest BCUT2D eigenvalue weighted by molar-refractivity contribution is -0.132. The van der Waals surface area contributed by atoms with Crippen LogP contribution in [0.1, 0.15) is 57.0 Å². The van der Waals surface area contributed by atoms with Gasteiger partial charge in [-0.3, -0.25) is 9.59 Å². The number of benzene rings is 2.